The van der Waals surface area contributed by atoms with Crippen molar-refractivity contribution in [3.05, 3.63) is 29.8 Å². The standard InChI is InChI=1S/C11H11N3O3/c1-14(2)11-12-9(17-13-11)7-4-3-5-8(6-7)10(15)16/h3-6H,1-2H3,(H,15,16). The summed E-state index contributed by atoms with van der Waals surface area (Å²) in [5, 5.41) is 12.6. The first-order valence-electron chi connectivity index (χ1n) is 4.92. The van der Waals surface area contributed by atoms with Crippen LogP contribution in [-0.4, -0.2) is 35.3 Å². The molecular weight excluding hydrogens is 222 g/mol. The summed E-state index contributed by atoms with van der Waals surface area (Å²) in [6.45, 7) is 0. The number of aromatic nitrogens is 2. The third-order valence-corrected chi connectivity index (χ3v) is 2.17. The molecule has 6 heteroatoms. The normalized spacial score (nSPS) is 10.2. The number of hydrogen-bond acceptors (Lipinski definition) is 5. The lowest BCUT2D eigenvalue weighted by atomic mass is 10.1. The van der Waals surface area contributed by atoms with Crippen LogP contribution in [0.15, 0.2) is 28.8 Å². The molecule has 2 rings (SSSR count). The summed E-state index contributed by atoms with van der Waals surface area (Å²) in [6, 6.07) is 6.36. The number of aromatic carboxylic acids is 1. The number of carboxylic acids is 1. The molecule has 0 saturated carbocycles. The fourth-order valence-electron chi connectivity index (χ4n) is 1.30. The maximum absolute atomic E-state index is 10.8. The minimum Gasteiger partial charge on any atom is -0.478 e. The summed E-state index contributed by atoms with van der Waals surface area (Å²) < 4.78 is 5.05. The van der Waals surface area contributed by atoms with Crippen molar-refractivity contribution in [1.82, 2.24) is 10.1 Å². The molecule has 6 nitrogen and oxygen atoms in total. The molecule has 1 N–H and O–H groups in total. The van der Waals surface area contributed by atoms with Crippen LogP contribution in [0.3, 0.4) is 0 Å². The number of carboxylic acid groups (broad SMARTS) is 1. The van der Waals surface area contributed by atoms with Crippen LogP contribution in [0.25, 0.3) is 11.5 Å². The van der Waals surface area contributed by atoms with E-state index in [-0.39, 0.29) is 5.56 Å². The molecular formula is C11H11N3O3. The number of anilines is 1. The number of carbonyl (C=O) groups is 1. The predicted molar refractivity (Wildman–Crippen MR) is 61.0 cm³/mol. The van der Waals surface area contributed by atoms with Crippen LogP contribution in [0.5, 0.6) is 0 Å². The molecule has 0 spiro atoms. The molecule has 88 valence electrons. The van der Waals surface area contributed by atoms with Gasteiger partial charge in [0.15, 0.2) is 0 Å². The Morgan fingerprint density at radius 1 is 1.41 bits per heavy atom. The molecule has 0 bridgehead atoms. The van der Waals surface area contributed by atoms with E-state index in [1.54, 1.807) is 31.1 Å². The lowest BCUT2D eigenvalue weighted by Crippen LogP contribution is -2.10. The average molecular weight is 233 g/mol. The highest BCUT2D eigenvalue weighted by Gasteiger charge is 2.11. The third kappa shape index (κ3) is 2.25. The fourth-order valence-corrected chi connectivity index (χ4v) is 1.30. The predicted octanol–water partition coefficient (Wildman–Crippen LogP) is 1.50. The van der Waals surface area contributed by atoms with Crippen molar-refractivity contribution in [2.75, 3.05) is 19.0 Å². The van der Waals surface area contributed by atoms with Crippen molar-refractivity contribution < 1.29 is 14.4 Å². The summed E-state index contributed by atoms with van der Waals surface area (Å²) in [5.41, 5.74) is 0.776. The van der Waals surface area contributed by atoms with E-state index in [1.807, 2.05) is 0 Å². The lowest BCUT2D eigenvalue weighted by Gasteiger charge is -2.02. The van der Waals surface area contributed by atoms with Crippen LogP contribution in [0.4, 0.5) is 5.95 Å². The summed E-state index contributed by atoms with van der Waals surface area (Å²) in [7, 11) is 3.59. The van der Waals surface area contributed by atoms with Gasteiger partial charge in [-0.1, -0.05) is 6.07 Å². The van der Waals surface area contributed by atoms with Crippen molar-refractivity contribution >= 4 is 11.9 Å². The number of nitrogens with zero attached hydrogens (tertiary/aromatic N) is 3. The topological polar surface area (TPSA) is 79.5 Å². The first-order valence-corrected chi connectivity index (χ1v) is 4.92. The first-order chi connectivity index (χ1) is 8.08. The second-order valence-electron chi connectivity index (χ2n) is 3.68. The summed E-state index contributed by atoms with van der Waals surface area (Å²) in [4.78, 5) is 16.7. The Balaban J connectivity index is 2.38. The van der Waals surface area contributed by atoms with Gasteiger partial charge in [0, 0.05) is 19.7 Å². The molecule has 2 aromatic rings. The molecule has 0 atom stereocenters. The van der Waals surface area contributed by atoms with E-state index >= 15 is 0 Å². The molecule has 1 aromatic carbocycles. The summed E-state index contributed by atoms with van der Waals surface area (Å²) >= 11 is 0. The van der Waals surface area contributed by atoms with Gasteiger partial charge in [-0.2, -0.15) is 4.98 Å². The van der Waals surface area contributed by atoms with E-state index in [0.717, 1.165) is 0 Å². The van der Waals surface area contributed by atoms with Gasteiger partial charge in [0.1, 0.15) is 0 Å². The van der Waals surface area contributed by atoms with Crippen LogP contribution in [0, 0.1) is 0 Å². The Morgan fingerprint density at radius 3 is 2.76 bits per heavy atom. The molecule has 17 heavy (non-hydrogen) atoms. The Bertz CT molecular complexity index is 548. The third-order valence-electron chi connectivity index (χ3n) is 2.17. The van der Waals surface area contributed by atoms with Crippen LogP contribution >= 0.6 is 0 Å². The van der Waals surface area contributed by atoms with Crippen LogP contribution < -0.4 is 4.90 Å². The molecule has 0 saturated heterocycles. The molecule has 1 aromatic heterocycles. The number of rotatable bonds is 3. The van der Waals surface area contributed by atoms with E-state index in [2.05, 4.69) is 10.1 Å². The maximum Gasteiger partial charge on any atom is 0.335 e. The van der Waals surface area contributed by atoms with Gasteiger partial charge in [-0.3, -0.25) is 0 Å². The molecule has 0 aliphatic heterocycles. The monoisotopic (exact) mass is 233 g/mol. The molecule has 1 heterocycles. The molecule has 0 unspecified atom stereocenters. The van der Waals surface area contributed by atoms with Gasteiger partial charge in [0.25, 0.3) is 11.8 Å². The molecule has 0 aliphatic rings. The molecule has 0 fully saturated rings. The van der Waals surface area contributed by atoms with Crippen molar-refractivity contribution in [3.63, 3.8) is 0 Å². The van der Waals surface area contributed by atoms with Crippen molar-refractivity contribution in [2.45, 2.75) is 0 Å². The van der Waals surface area contributed by atoms with Gasteiger partial charge >= 0.3 is 5.97 Å². The highest BCUT2D eigenvalue weighted by atomic mass is 16.5. The van der Waals surface area contributed by atoms with Crippen LogP contribution in [0.1, 0.15) is 10.4 Å². The number of benzene rings is 1. The van der Waals surface area contributed by atoms with Gasteiger partial charge < -0.3 is 14.5 Å². The van der Waals surface area contributed by atoms with Crippen molar-refractivity contribution in [3.8, 4) is 11.5 Å². The Kier molecular flexibility index (Phi) is 2.78. The molecule has 0 aliphatic carbocycles. The smallest absolute Gasteiger partial charge is 0.335 e. The highest BCUT2D eigenvalue weighted by Crippen LogP contribution is 2.20. The zero-order valence-corrected chi connectivity index (χ0v) is 9.41. The van der Waals surface area contributed by atoms with Crippen molar-refractivity contribution in [2.24, 2.45) is 0 Å². The lowest BCUT2D eigenvalue weighted by molar-refractivity contribution is 0.0697. The first kappa shape index (κ1) is 11.1. The Hall–Kier alpha value is -2.37. The second-order valence-corrected chi connectivity index (χ2v) is 3.68. The van der Waals surface area contributed by atoms with E-state index in [4.69, 9.17) is 9.63 Å². The van der Waals surface area contributed by atoms with E-state index < -0.39 is 5.97 Å². The second kappa shape index (κ2) is 4.25. The Labute approximate surface area is 97.5 Å². The average Bonchev–Trinajstić information content (AvgIpc) is 2.78. The quantitative estimate of drug-likeness (QED) is 0.865. The fraction of sp³-hybridized carbons (Fsp3) is 0.182. The summed E-state index contributed by atoms with van der Waals surface area (Å²) in [6.07, 6.45) is 0. The molecule has 0 radical (unpaired) electrons. The highest BCUT2D eigenvalue weighted by molar-refractivity contribution is 5.88. The van der Waals surface area contributed by atoms with Gasteiger partial charge in [-0.15, -0.1) is 0 Å². The maximum atomic E-state index is 10.8. The van der Waals surface area contributed by atoms with E-state index in [9.17, 15) is 4.79 Å². The Morgan fingerprint density at radius 2 is 2.18 bits per heavy atom. The van der Waals surface area contributed by atoms with Gasteiger partial charge in [-0.25, -0.2) is 4.79 Å². The largest absolute Gasteiger partial charge is 0.478 e. The summed E-state index contributed by atoms with van der Waals surface area (Å²) in [5.74, 6) is -0.239. The van der Waals surface area contributed by atoms with Gasteiger partial charge in [0.05, 0.1) is 5.56 Å². The van der Waals surface area contributed by atoms with Crippen molar-refractivity contribution in [1.29, 1.82) is 0 Å². The van der Waals surface area contributed by atoms with Gasteiger partial charge in [-0.05, 0) is 23.4 Å². The molecule has 0 amide bonds. The van der Waals surface area contributed by atoms with E-state index in [0.29, 0.717) is 17.4 Å². The zero-order chi connectivity index (χ0) is 12.4. The van der Waals surface area contributed by atoms with Crippen LogP contribution in [0.2, 0.25) is 0 Å². The number of hydrogen-bond donors (Lipinski definition) is 1. The minimum atomic E-state index is -0.987. The SMILES string of the molecule is CN(C)c1noc(-c2cccc(C(=O)O)c2)n1. The minimum absolute atomic E-state index is 0.187. The zero-order valence-electron chi connectivity index (χ0n) is 9.41. The van der Waals surface area contributed by atoms with E-state index in [1.165, 1.54) is 12.1 Å². The van der Waals surface area contributed by atoms with Gasteiger partial charge in [0.2, 0.25) is 0 Å². The van der Waals surface area contributed by atoms with Crippen LogP contribution in [-0.2, 0) is 0 Å².